The van der Waals surface area contributed by atoms with E-state index >= 15 is 0 Å². The molecule has 1 unspecified atom stereocenters. The van der Waals surface area contributed by atoms with Crippen LogP contribution in [0.4, 0.5) is 0 Å². The molecule has 0 saturated carbocycles. The average molecular weight is 200 g/mol. The van der Waals surface area contributed by atoms with Crippen LogP contribution in [0.5, 0.6) is 0 Å². The van der Waals surface area contributed by atoms with E-state index in [2.05, 4.69) is 50.5 Å². The van der Waals surface area contributed by atoms with Crippen LogP contribution in [-0.2, 0) is 0 Å². The molecule has 4 heteroatoms. The summed E-state index contributed by atoms with van der Waals surface area (Å²) in [6, 6.07) is 0. The van der Waals surface area contributed by atoms with E-state index in [4.69, 9.17) is 0 Å². The van der Waals surface area contributed by atoms with Gasteiger partial charge in [0.1, 0.15) is 0 Å². The Hall–Kier alpha value is 1.40. The van der Waals surface area contributed by atoms with Crippen LogP contribution < -0.4 is 0 Å². The zero-order valence-electron chi connectivity index (χ0n) is 5.06. The largest absolute Gasteiger partial charge is 0.179 e. The first-order valence-corrected chi connectivity index (χ1v) is 5.01. The van der Waals surface area contributed by atoms with Crippen LogP contribution in [0.1, 0.15) is 12.8 Å². The maximum Gasteiger partial charge on any atom is 0.0558 e. The summed E-state index contributed by atoms with van der Waals surface area (Å²) in [5.74, 6) is 0.922. The second kappa shape index (κ2) is 6.13. The number of hydrogen-bond acceptors (Lipinski definition) is 4. The second-order valence-electron chi connectivity index (χ2n) is 1.85. The molecule has 0 nitrogen and oxygen atoms in total. The first-order valence-electron chi connectivity index (χ1n) is 2.83. The molecule has 0 rings (SSSR count). The minimum atomic E-state index is 0.0909. The Kier molecular flexibility index (Phi) is 7.09. The van der Waals surface area contributed by atoms with E-state index in [9.17, 15) is 0 Å². The van der Waals surface area contributed by atoms with Crippen LogP contribution in [-0.4, -0.2) is 15.6 Å². The summed E-state index contributed by atoms with van der Waals surface area (Å²) >= 11 is 16.6. The van der Waals surface area contributed by atoms with Gasteiger partial charge in [0.2, 0.25) is 0 Å². The van der Waals surface area contributed by atoms with Crippen molar-refractivity contribution < 1.29 is 0 Å². The Morgan fingerprint density at radius 1 is 1.11 bits per heavy atom. The monoisotopic (exact) mass is 200 g/mol. The number of thiol groups is 4. The van der Waals surface area contributed by atoms with Crippen LogP contribution in [0.2, 0.25) is 0 Å². The molecule has 0 spiro atoms. The van der Waals surface area contributed by atoms with E-state index in [0.29, 0.717) is 5.25 Å². The zero-order valence-corrected chi connectivity index (χ0v) is 8.64. The Bertz CT molecular complexity index is 64.0. The highest BCUT2D eigenvalue weighted by molar-refractivity contribution is 8.00. The topological polar surface area (TPSA) is 0 Å². The molecular weight excluding hydrogens is 188 g/mol. The van der Waals surface area contributed by atoms with E-state index in [-0.39, 0.29) is 4.58 Å². The molecule has 0 amide bonds. The minimum Gasteiger partial charge on any atom is -0.179 e. The molecule has 0 radical (unpaired) electrons. The highest BCUT2D eigenvalue weighted by Gasteiger charge is 2.07. The van der Waals surface area contributed by atoms with E-state index in [1.54, 1.807) is 0 Å². The van der Waals surface area contributed by atoms with Gasteiger partial charge in [-0.2, -0.15) is 50.5 Å². The molecule has 0 bridgehead atoms. The van der Waals surface area contributed by atoms with Crippen molar-refractivity contribution in [2.24, 2.45) is 0 Å². The molecule has 0 saturated heterocycles. The van der Waals surface area contributed by atoms with Crippen molar-refractivity contribution in [3.05, 3.63) is 0 Å². The Balaban J connectivity index is 3.16. The van der Waals surface area contributed by atoms with Gasteiger partial charge >= 0.3 is 0 Å². The highest BCUT2D eigenvalue weighted by Crippen LogP contribution is 2.17. The van der Waals surface area contributed by atoms with Crippen LogP contribution in [0.25, 0.3) is 0 Å². The highest BCUT2D eigenvalue weighted by atomic mass is 32.2. The number of rotatable bonds is 4. The van der Waals surface area contributed by atoms with Gasteiger partial charge < -0.3 is 0 Å². The summed E-state index contributed by atoms with van der Waals surface area (Å²) in [6.45, 7) is 0. The fourth-order valence-electron chi connectivity index (χ4n) is 0.449. The van der Waals surface area contributed by atoms with Crippen molar-refractivity contribution in [2.45, 2.75) is 22.7 Å². The van der Waals surface area contributed by atoms with Crippen molar-refractivity contribution in [1.29, 1.82) is 0 Å². The zero-order chi connectivity index (χ0) is 7.28. The summed E-state index contributed by atoms with van der Waals surface area (Å²) in [5.41, 5.74) is 0. The first-order chi connectivity index (χ1) is 4.18. The van der Waals surface area contributed by atoms with Crippen LogP contribution >= 0.6 is 50.5 Å². The van der Waals surface area contributed by atoms with Crippen molar-refractivity contribution in [3.8, 4) is 0 Å². The predicted molar refractivity (Wildman–Crippen MR) is 57.6 cm³/mol. The SMILES string of the molecule is SCCCC(S)C(S)S. The maximum absolute atomic E-state index is 4.27. The standard InChI is InChI=1S/C5H12S4/c6-3-1-2-4(7)5(8)9/h4-9H,1-3H2. The molecular formula is C5H12S4. The van der Waals surface area contributed by atoms with Crippen molar-refractivity contribution in [1.82, 2.24) is 0 Å². The van der Waals surface area contributed by atoms with Gasteiger partial charge in [-0.25, -0.2) is 0 Å². The molecule has 56 valence electrons. The third kappa shape index (κ3) is 5.83. The first kappa shape index (κ1) is 10.4. The van der Waals surface area contributed by atoms with E-state index in [1.165, 1.54) is 0 Å². The molecule has 0 aromatic rings. The quantitative estimate of drug-likeness (QED) is 0.388. The van der Waals surface area contributed by atoms with E-state index in [1.807, 2.05) is 0 Å². The lowest BCUT2D eigenvalue weighted by Crippen LogP contribution is -2.08. The summed E-state index contributed by atoms with van der Waals surface area (Å²) in [5, 5.41) is 0.295. The Morgan fingerprint density at radius 2 is 1.67 bits per heavy atom. The van der Waals surface area contributed by atoms with Gasteiger partial charge in [0.15, 0.2) is 0 Å². The van der Waals surface area contributed by atoms with Crippen LogP contribution in [0.3, 0.4) is 0 Å². The Labute approximate surface area is 78.8 Å². The van der Waals surface area contributed by atoms with Gasteiger partial charge in [-0.3, -0.25) is 0 Å². The van der Waals surface area contributed by atoms with Crippen LogP contribution in [0, 0.1) is 0 Å². The van der Waals surface area contributed by atoms with Crippen molar-refractivity contribution >= 4 is 50.5 Å². The summed E-state index contributed by atoms with van der Waals surface area (Å²) in [6.07, 6.45) is 2.14. The predicted octanol–water partition coefficient (Wildman–Crippen LogP) is 2.18. The molecule has 0 aliphatic carbocycles. The second-order valence-corrected chi connectivity index (χ2v) is 4.48. The fourth-order valence-corrected chi connectivity index (χ4v) is 1.11. The Morgan fingerprint density at radius 3 is 2.00 bits per heavy atom. The van der Waals surface area contributed by atoms with Gasteiger partial charge in [-0.15, -0.1) is 0 Å². The van der Waals surface area contributed by atoms with Crippen LogP contribution in [0.15, 0.2) is 0 Å². The van der Waals surface area contributed by atoms with Gasteiger partial charge in [0, 0.05) is 5.25 Å². The molecule has 0 fully saturated rings. The molecule has 0 N–H and O–H groups in total. The van der Waals surface area contributed by atoms with Gasteiger partial charge in [0.25, 0.3) is 0 Å². The van der Waals surface area contributed by atoms with Crippen molar-refractivity contribution in [3.63, 3.8) is 0 Å². The van der Waals surface area contributed by atoms with Gasteiger partial charge in [0.05, 0.1) is 4.58 Å². The van der Waals surface area contributed by atoms with Crippen molar-refractivity contribution in [2.75, 3.05) is 5.75 Å². The average Bonchev–Trinajstić information content (AvgIpc) is 1.82. The maximum atomic E-state index is 4.27. The summed E-state index contributed by atoms with van der Waals surface area (Å²) in [7, 11) is 0. The smallest absolute Gasteiger partial charge is 0.0558 e. The third-order valence-electron chi connectivity index (χ3n) is 1.00. The van der Waals surface area contributed by atoms with E-state index < -0.39 is 0 Å². The fraction of sp³-hybridized carbons (Fsp3) is 1.00. The summed E-state index contributed by atoms with van der Waals surface area (Å²) in [4.78, 5) is 0. The molecule has 0 aliphatic heterocycles. The van der Waals surface area contributed by atoms with Gasteiger partial charge in [-0.1, -0.05) is 0 Å². The molecule has 9 heavy (non-hydrogen) atoms. The van der Waals surface area contributed by atoms with Gasteiger partial charge in [-0.05, 0) is 18.6 Å². The summed E-state index contributed by atoms with van der Waals surface area (Å²) < 4.78 is 0.0909. The lowest BCUT2D eigenvalue weighted by molar-refractivity contribution is 0.794. The lowest BCUT2D eigenvalue weighted by atomic mass is 10.3. The minimum absolute atomic E-state index is 0.0909. The third-order valence-corrected chi connectivity index (χ3v) is 3.06. The normalized spacial score (nSPS) is 14.3. The number of hydrogen-bond donors (Lipinski definition) is 4. The molecule has 0 aromatic heterocycles. The van der Waals surface area contributed by atoms with E-state index in [0.717, 1.165) is 18.6 Å². The molecule has 1 atom stereocenters. The molecule has 0 aliphatic rings. The molecule has 0 heterocycles. The molecule has 0 aromatic carbocycles. The lowest BCUT2D eigenvalue weighted by Gasteiger charge is -2.11.